The predicted octanol–water partition coefficient (Wildman–Crippen LogP) is 1.65. The first-order chi connectivity index (χ1) is 6.81. The Hall–Kier alpha value is -2.28. The van der Waals surface area contributed by atoms with Gasteiger partial charge in [-0.1, -0.05) is 0 Å². The molecule has 0 fully saturated rings. The first-order valence-corrected chi connectivity index (χ1v) is 4.04. The van der Waals surface area contributed by atoms with E-state index in [4.69, 9.17) is 5.26 Å². The van der Waals surface area contributed by atoms with Crippen molar-refractivity contribution in [2.45, 2.75) is 0 Å². The van der Waals surface area contributed by atoms with E-state index < -0.39 is 0 Å². The summed E-state index contributed by atoms with van der Waals surface area (Å²) in [5, 5.41) is 18.0. The highest BCUT2D eigenvalue weighted by Crippen LogP contribution is 2.23. The lowest BCUT2D eigenvalue weighted by Gasteiger charge is -1.99. The van der Waals surface area contributed by atoms with Gasteiger partial charge in [0.1, 0.15) is 17.6 Å². The number of aromatic nitrogens is 2. The number of H-pyrrole nitrogens is 1. The maximum absolute atomic E-state index is 9.43. The van der Waals surface area contributed by atoms with Gasteiger partial charge in [-0.3, -0.25) is 0 Å². The number of aromatic hydroxyl groups is 1. The second kappa shape index (κ2) is 3.23. The summed E-state index contributed by atoms with van der Waals surface area (Å²) in [5.74, 6) is 0.645. The van der Waals surface area contributed by atoms with Gasteiger partial charge in [0.25, 0.3) is 0 Å². The molecule has 0 spiro atoms. The highest BCUT2D eigenvalue weighted by atomic mass is 16.3. The molecule has 14 heavy (non-hydrogen) atoms. The predicted molar refractivity (Wildman–Crippen MR) is 50.4 cm³/mol. The maximum atomic E-state index is 9.43. The lowest BCUT2D eigenvalue weighted by molar-refractivity contribution is 0.474. The van der Waals surface area contributed by atoms with Gasteiger partial charge in [-0.2, -0.15) is 5.26 Å². The van der Waals surface area contributed by atoms with E-state index in [-0.39, 0.29) is 11.3 Å². The molecule has 1 heterocycles. The molecule has 2 rings (SSSR count). The number of hydrogen-bond acceptors (Lipinski definition) is 3. The maximum Gasteiger partial charge on any atom is 0.137 e. The van der Waals surface area contributed by atoms with E-state index in [1.807, 2.05) is 6.07 Å². The number of aromatic amines is 1. The van der Waals surface area contributed by atoms with Crippen molar-refractivity contribution in [3.8, 4) is 23.2 Å². The van der Waals surface area contributed by atoms with Crippen LogP contribution in [0, 0.1) is 11.3 Å². The normalized spacial score (nSPS) is 9.64. The summed E-state index contributed by atoms with van der Waals surface area (Å²) in [5.41, 5.74) is 1.02. The van der Waals surface area contributed by atoms with Gasteiger partial charge < -0.3 is 10.1 Å². The zero-order valence-corrected chi connectivity index (χ0v) is 7.23. The number of phenolic OH excluding ortho intramolecular Hbond substituents is 1. The molecule has 0 amide bonds. The van der Waals surface area contributed by atoms with E-state index in [0.717, 1.165) is 5.56 Å². The van der Waals surface area contributed by atoms with Crippen LogP contribution in [0.3, 0.4) is 0 Å². The molecule has 1 aromatic heterocycles. The van der Waals surface area contributed by atoms with E-state index in [1.54, 1.807) is 24.5 Å². The third kappa shape index (κ3) is 1.31. The molecule has 0 unspecified atom stereocenters. The Morgan fingerprint density at radius 2 is 2.29 bits per heavy atom. The van der Waals surface area contributed by atoms with Crippen LogP contribution in [0.25, 0.3) is 11.4 Å². The zero-order chi connectivity index (χ0) is 9.97. The summed E-state index contributed by atoms with van der Waals surface area (Å²) < 4.78 is 0. The van der Waals surface area contributed by atoms with Crippen LogP contribution < -0.4 is 0 Å². The smallest absolute Gasteiger partial charge is 0.137 e. The molecule has 0 atom stereocenters. The fourth-order valence-electron chi connectivity index (χ4n) is 1.20. The van der Waals surface area contributed by atoms with Gasteiger partial charge in [0.2, 0.25) is 0 Å². The van der Waals surface area contributed by atoms with E-state index >= 15 is 0 Å². The zero-order valence-electron chi connectivity index (χ0n) is 7.23. The lowest BCUT2D eigenvalue weighted by atomic mass is 10.1. The standard InChI is InChI=1S/C10H7N3O/c11-6-8-2-1-7(5-9(8)14)10-12-3-4-13-10/h1-5,14H,(H,12,13). The minimum absolute atomic E-state index is 0.0265. The summed E-state index contributed by atoms with van der Waals surface area (Å²) in [4.78, 5) is 6.95. The highest BCUT2D eigenvalue weighted by molar-refractivity contribution is 5.60. The van der Waals surface area contributed by atoms with Crippen LogP contribution in [0.1, 0.15) is 5.56 Å². The average molecular weight is 185 g/mol. The topological polar surface area (TPSA) is 72.7 Å². The van der Waals surface area contributed by atoms with Crippen molar-refractivity contribution in [1.29, 1.82) is 5.26 Å². The second-order valence-corrected chi connectivity index (χ2v) is 2.78. The van der Waals surface area contributed by atoms with Crippen molar-refractivity contribution in [3.05, 3.63) is 36.2 Å². The molecule has 0 saturated heterocycles. The van der Waals surface area contributed by atoms with Gasteiger partial charge in [0.15, 0.2) is 0 Å². The fourth-order valence-corrected chi connectivity index (χ4v) is 1.20. The molecule has 4 heteroatoms. The molecule has 2 aromatic rings. The first kappa shape index (κ1) is 8.32. The number of imidazole rings is 1. The van der Waals surface area contributed by atoms with Crippen molar-refractivity contribution in [1.82, 2.24) is 9.97 Å². The molecule has 0 aliphatic rings. The summed E-state index contributed by atoms with van der Waals surface area (Å²) in [6, 6.07) is 6.69. The van der Waals surface area contributed by atoms with Crippen LogP contribution in [-0.2, 0) is 0 Å². The van der Waals surface area contributed by atoms with E-state index in [0.29, 0.717) is 5.82 Å². The Morgan fingerprint density at radius 1 is 1.43 bits per heavy atom. The monoisotopic (exact) mass is 185 g/mol. The number of nitrogens with zero attached hydrogens (tertiary/aromatic N) is 2. The van der Waals surface area contributed by atoms with Crippen LogP contribution in [-0.4, -0.2) is 15.1 Å². The number of benzene rings is 1. The van der Waals surface area contributed by atoms with Crippen LogP contribution in [0.2, 0.25) is 0 Å². The van der Waals surface area contributed by atoms with Gasteiger partial charge in [0, 0.05) is 18.0 Å². The van der Waals surface area contributed by atoms with Gasteiger partial charge in [-0.05, 0) is 18.2 Å². The van der Waals surface area contributed by atoms with E-state index in [1.165, 1.54) is 6.07 Å². The van der Waals surface area contributed by atoms with Gasteiger partial charge in [0.05, 0.1) is 5.56 Å². The molecule has 0 saturated carbocycles. The van der Waals surface area contributed by atoms with Gasteiger partial charge in [-0.15, -0.1) is 0 Å². The van der Waals surface area contributed by atoms with E-state index in [9.17, 15) is 5.11 Å². The summed E-state index contributed by atoms with van der Waals surface area (Å²) in [6.45, 7) is 0. The van der Waals surface area contributed by atoms with Crippen molar-refractivity contribution in [3.63, 3.8) is 0 Å². The SMILES string of the molecule is N#Cc1ccc(-c2ncc[nH]2)cc1O. The number of rotatable bonds is 1. The third-order valence-electron chi connectivity index (χ3n) is 1.89. The van der Waals surface area contributed by atoms with Gasteiger partial charge >= 0.3 is 0 Å². The second-order valence-electron chi connectivity index (χ2n) is 2.78. The minimum atomic E-state index is -0.0265. The number of nitrogens with one attached hydrogen (secondary N) is 1. The summed E-state index contributed by atoms with van der Waals surface area (Å²) >= 11 is 0. The molecule has 0 radical (unpaired) electrons. The molecule has 4 nitrogen and oxygen atoms in total. The van der Waals surface area contributed by atoms with Crippen LogP contribution >= 0.6 is 0 Å². The molecule has 1 aromatic carbocycles. The first-order valence-electron chi connectivity index (χ1n) is 4.04. The lowest BCUT2D eigenvalue weighted by Crippen LogP contribution is -1.82. The molecule has 2 N–H and O–H groups in total. The van der Waals surface area contributed by atoms with Crippen molar-refractivity contribution < 1.29 is 5.11 Å². The van der Waals surface area contributed by atoms with Gasteiger partial charge in [-0.25, -0.2) is 4.98 Å². The quantitative estimate of drug-likeness (QED) is 0.709. The van der Waals surface area contributed by atoms with Crippen LogP contribution in [0.4, 0.5) is 0 Å². The van der Waals surface area contributed by atoms with Crippen LogP contribution in [0.5, 0.6) is 5.75 Å². The third-order valence-corrected chi connectivity index (χ3v) is 1.89. The van der Waals surface area contributed by atoms with E-state index in [2.05, 4.69) is 9.97 Å². The fraction of sp³-hybridized carbons (Fsp3) is 0. The molecule has 68 valence electrons. The number of nitriles is 1. The van der Waals surface area contributed by atoms with Crippen LogP contribution in [0.15, 0.2) is 30.6 Å². The Kier molecular flexibility index (Phi) is 1.92. The molecule has 0 aliphatic carbocycles. The number of hydrogen-bond donors (Lipinski definition) is 2. The van der Waals surface area contributed by atoms with Crippen molar-refractivity contribution >= 4 is 0 Å². The Morgan fingerprint density at radius 3 is 2.86 bits per heavy atom. The Labute approximate surface area is 80.5 Å². The largest absolute Gasteiger partial charge is 0.507 e. The summed E-state index contributed by atoms with van der Waals surface area (Å²) in [7, 11) is 0. The average Bonchev–Trinajstić information content (AvgIpc) is 2.70. The van der Waals surface area contributed by atoms with Crippen molar-refractivity contribution in [2.75, 3.05) is 0 Å². The summed E-state index contributed by atoms with van der Waals surface area (Å²) in [6.07, 6.45) is 3.33. The van der Waals surface area contributed by atoms with Crippen molar-refractivity contribution in [2.24, 2.45) is 0 Å². The Balaban J connectivity index is 2.49. The molecule has 0 aliphatic heterocycles. The highest BCUT2D eigenvalue weighted by Gasteiger charge is 2.04. The Bertz CT molecular complexity index is 483. The molecular weight excluding hydrogens is 178 g/mol. The minimum Gasteiger partial charge on any atom is -0.507 e. The molecular formula is C10H7N3O. The molecule has 0 bridgehead atoms. The number of phenols is 1.